The molecule has 0 aliphatic heterocycles. The maximum Gasteiger partial charge on any atom is 0.115 e. The fourth-order valence-corrected chi connectivity index (χ4v) is 1.65. The van der Waals surface area contributed by atoms with Crippen LogP contribution in [0.5, 0.6) is 5.75 Å². The molecule has 1 heterocycles. The number of aromatic amines is 1. The average Bonchev–Trinajstić information content (AvgIpc) is 2.71. The maximum absolute atomic E-state index is 9.45. The standard InChI is InChI=1S/C12H14N2O/c1-12(2,11-6-7-13-14-11)9-4-3-5-10(15)8-9/h3-8,15H,1-2H3,(H,13,14). The zero-order valence-corrected chi connectivity index (χ0v) is 8.86. The molecule has 0 aliphatic carbocycles. The van der Waals surface area contributed by atoms with Gasteiger partial charge in [-0.05, 0) is 23.8 Å². The Morgan fingerprint density at radius 2 is 2.07 bits per heavy atom. The van der Waals surface area contributed by atoms with E-state index in [2.05, 4.69) is 24.0 Å². The van der Waals surface area contributed by atoms with E-state index in [4.69, 9.17) is 0 Å². The van der Waals surface area contributed by atoms with Gasteiger partial charge in [-0.3, -0.25) is 5.10 Å². The predicted molar refractivity (Wildman–Crippen MR) is 58.8 cm³/mol. The summed E-state index contributed by atoms with van der Waals surface area (Å²) in [6.45, 7) is 4.19. The smallest absolute Gasteiger partial charge is 0.115 e. The van der Waals surface area contributed by atoms with Crippen molar-refractivity contribution in [3.05, 3.63) is 47.8 Å². The van der Waals surface area contributed by atoms with Crippen LogP contribution in [-0.2, 0) is 5.41 Å². The molecule has 0 radical (unpaired) electrons. The highest BCUT2D eigenvalue weighted by molar-refractivity contribution is 5.37. The van der Waals surface area contributed by atoms with Crippen molar-refractivity contribution in [2.24, 2.45) is 0 Å². The summed E-state index contributed by atoms with van der Waals surface area (Å²) in [6.07, 6.45) is 1.74. The van der Waals surface area contributed by atoms with Gasteiger partial charge in [0.15, 0.2) is 0 Å². The van der Waals surface area contributed by atoms with Gasteiger partial charge in [-0.1, -0.05) is 26.0 Å². The van der Waals surface area contributed by atoms with Crippen LogP contribution in [-0.4, -0.2) is 15.3 Å². The molecule has 1 aromatic carbocycles. The van der Waals surface area contributed by atoms with E-state index in [9.17, 15) is 5.11 Å². The Labute approximate surface area is 88.8 Å². The van der Waals surface area contributed by atoms with Gasteiger partial charge in [-0.25, -0.2) is 0 Å². The number of benzene rings is 1. The molecule has 0 saturated heterocycles. The quantitative estimate of drug-likeness (QED) is 0.785. The SMILES string of the molecule is CC(C)(c1cccc(O)c1)c1ccn[nH]1. The van der Waals surface area contributed by atoms with E-state index in [1.807, 2.05) is 18.2 Å². The first-order valence-corrected chi connectivity index (χ1v) is 4.90. The Hall–Kier alpha value is -1.77. The third-order valence-electron chi connectivity index (χ3n) is 2.74. The van der Waals surface area contributed by atoms with Crippen LogP contribution in [0.3, 0.4) is 0 Å². The summed E-state index contributed by atoms with van der Waals surface area (Å²) in [6, 6.07) is 9.25. The van der Waals surface area contributed by atoms with Crippen molar-refractivity contribution in [1.29, 1.82) is 0 Å². The summed E-state index contributed by atoms with van der Waals surface area (Å²) in [5, 5.41) is 16.4. The van der Waals surface area contributed by atoms with Crippen LogP contribution < -0.4 is 0 Å². The lowest BCUT2D eigenvalue weighted by atomic mass is 9.81. The second-order valence-electron chi connectivity index (χ2n) is 4.15. The average molecular weight is 202 g/mol. The summed E-state index contributed by atoms with van der Waals surface area (Å²) in [5.41, 5.74) is 1.93. The predicted octanol–water partition coefficient (Wildman–Crippen LogP) is 2.44. The third kappa shape index (κ3) is 1.73. The molecule has 2 rings (SSSR count). The molecule has 3 heteroatoms. The van der Waals surface area contributed by atoms with Gasteiger partial charge in [0.1, 0.15) is 5.75 Å². The first-order chi connectivity index (χ1) is 7.10. The normalized spacial score (nSPS) is 11.6. The van der Waals surface area contributed by atoms with Crippen LogP contribution in [0.4, 0.5) is 0 Å². The van der Waals surface area contributed by atoms with Gasteiger partial charge in [0.05, 0.1) is 0 Å². The van der Waals surface area contributed by atoms with E-state index in [1.54, 1.807) is 18.3 Å². The molecule has 78 valence electrons. The second kappa shape index (κ2) is 3.42. The first-order valence-electron chi connectivity index (χ1n) is 4.90. The maximum atomic E-state index is 9.45. The lowest BCUT2D eigenvalue weighted by molar-refractivity contribution is 0.472. The second-order valence-corrected chi connectivity index (χ2v) is 4.15. The van der Waals surface area contributed by atoms with Gasteiger partial charge in [0.2, 0.25) is 0 Å². The molecule has 0 unspecified atom stereocenters. The van der Waals surface area contributed by atoms with Crippen molar-refractivity contribution in [3.63, 3.8) is 0 Å². The zero-order chi connectivity index (χ0) is 10.9. The summed E-state index contributed by atoms with van der Waals surface area (Å²) >= 11 is 0. The molecule has 0 saturated carbocycles. The monoisotopic (exact) mass is 202 g/mol. The molecule has 0 spiro atoms. The number of hydrogen-bond acceptors (Lipinski definition) is 2. The van der Waals surface area contributed by atoms with Gasteiger partial charge >= 0.3 is 0 Å². The van der Waals surface area contributed by atoms with Gasteiger partial charge in [0.25, 0.3) is 0 Å². The molecule has 2 N–H and O–H groups in total. The van der Waals surface area contributed by atoms with Crippen molar-refractivity contribution in [2.45, 2.75) is 19.3 Å². The van der Waals surface area contributed by atoms with Crippen LogP contribution in [0.1, 0.15) is 25.1 Å². The van der Waals surface area contributed by atoms with Crippen LogP contribution in [0.25, 0.3) is 0 Å². The number of aromatic nitrogens is 2. The van der Waals surface area contributed by atoms with Crippen LogP contribution >= 0.6 is 0 Å². The molecular formula is C12H14N2O. The van der Waals surface area contributed by atoms with E-state index in [0.29, 0.717) is 5.75 Å². The molecular weight excluding hydrogens is 188 g/mol. The van der Waals surface area contributed by atoms with Gasteiger partial charge in [-0.2, -0.15) is 5.10 Å². The number of phenols is 1. The topological polar surface area (TPSA) is 48.9 Å². The molecule has 3 nitrogen and oxygen atoms in total. The Morgan fingerprint density at radius 1 is 1.27 bits per heavy atom. The minimum absolute atomic E-state index is 0.171. The zero-order valence-electron chi connectivity index (χ0n) is 8.86. The number of H-pyrrole nitrogens is 1. The fourth-order valence-electron chi connectivity index (χ4n) is 1.65. The third-order valence-corrected chi connectivity index (χ3v) is 2.74. The van der Waals surface area contributed by atoms with Crippen molar-refractivity contribution < 1.29 is 5.11 Å². The number of phenolic OH excluding ortho intramolecular Hbond substituents is 1. The lowest BCUT2D eigenvalue weighted by Crippen LogP contribution is -2.19. The number of nitrogens with zero attached hydrogens (tertiary/aromatic N) is 1. The van der Waals surface area contributed by atoms with E-state index in [-0.39, 0.29) is 5.41 Å². The largest absolute Gasteiger partial charge is 0.508 e. The molecule has 1 aromatic heterocycles. The van der Waals surface area contributed by atoms with Crippen molar-refractivity contribution >= 4 is 0 Å². The van der Waals surface area contributed by atoms with Gasteiger partial charge < -0.3 is 5.11 Å². The summed E-state index contributed by atoms with van der Waals surface area (Å²) in [4.78, 5) is 0. The summed E-state index contributed by atoms with van der Waals surface area (Å²) < 4.78 is 0. The number of rotatable bonds is 2. The molecule has 0 bridgehead atoms. The molecule has 0 aliphatic rings. The summed E-state index contributed by atoms with van der Waals surface area (Å²) in [7, 11) is 0. The van der Waals surface area contributed by atoms with Crippen molar-refractivity contribution in [3.8, 4) is 5.75 Å². The summed E-state index contributed by atoms with van der Waals surface area (Å²) in [5.74, 6) is 0.292. The Bertz CT molecular complexity index is 446. The number of aromatic hydroxyl groups is 1. The molecule has 15 heavy (non-hydrogen) atoms. The number of nitrogens with one attached hydrogen (secondary N) is 1. The molecule has 0 fully saturated rings. The van der Waals surface area contributed by atoms with E-state index >= 15 is 0 Å². The minimum atomic E-state index is -0.171. The van der Waals surface area contributed by atoms with Crippen LogP contribution in [0.2, 0.25) is 0 Å². The number of hydrogen-bond donors (Lipinski definition) is 2. The Morgan fingerprint density at radius 3 is 2.67 bits per heavy atom. The highest BCUT2D eigenvalue weighted by Crippen LogP contribution is 2.31. The molecule has 0 amide bonds. The molecule has 2 aromatic rings. The van der Waals surface area contributed by atoms with Crippen molar-refractivity contribution in [2.75, 3.05) is 0 Å². The molecule has 0 atom stereocenters. The van der Waals surface area contributed by atoms with Crippen molar-refractivity contribution in [1.82, 2.24) is 10.2 Å². The first kappa shape index (κ1) is 9.77. The van der Waals surface area contributed by atoms with E-state index in [1.165, 1.54) is 0 Å². The highest BCUT2D eigenvalue weighted by Gasteiger charge is 2.24. The highest BCUT2D eigenvalue weighted by atomic mass is 16.3. The Balaban J connectivity index is 2.46. The Kier molecular flexibility index (Phi) is 2.23. The van der Waals surface area contributed by atoms with Gasteiger partial charge in [0, 0.05) is 17.3 Å². The lowest BCUT2D eigenvalue weighted by Gasteiger charge is -2.23. The van der Waals surface area contributed by atoms with Gasteiger partial charge in [-0.15, -0.1) is 0 Å². The fraction of sp³-hybridized carbons (Fsp3) is 0.250. The van der Waals surface area contributed by atoms with E-state index < -0.39 is 0 Å². The van der Waals surface area contributed by atoms with E-state index in [0.717, 1.165) is 11.3 Å². The van der Waals surface area contributed by atoms with Crippen LogP contribution in [0.15, 0.2) is 36.5 Å². The van der Waals surface area contributed by atoms with Crippen LogP contribution in [0, 0.1) is 0 Å². The minimum Gasteiger partial charge on any atom is -0.508 e.